The monoisotopic (exact) mass is 299 g/mol. The summed E-state index contributed by atoms with van der Waals surface area (Å²) in [4.78, 5) is 16.2. The molecule has 0 aliphatic rings. The van der Waals surface area contributed by atoms with Gasteiger partial charge in [0, 0.05) is 30.4 Å². The smallest absolute Gasteiger partial charge is 0.257 e. The van der Waals surface area contributed by atoms with Crippen LogP contribution in [0.1, 0.15) is 21.6 Å². The summed E-state index contributed by atoms with van der Waals surface area (Å²) in [6.07, 6.45) is 2.51. The Morgan fingerprint density at radius 3 is 2.62 bits per heavy atom. The van der Waals surface area contributed by atoms with Gasteiger partial charge < -0.3 is 5.32 Å². The Labute approximate surface area is 129 Å². The number of aromatic nitrogens is 1. The number of nitrogens with zero attached hydrogens (tertiary/aromatic N) is 1. The number of aryl methyl sites for hydroxylation is 1. The molecule has 5 heteroatoms. The highest BCUT2D eigenvalue weighted by Gasteiger charge is 2.06. The van der Waals surface area contributed by atoms with Crippen LogP contribution in [-0.4, -0.2) is 22.5 Å². The average Bonchev–Trinajstić information content (AvgIpc) is 2.49. The summed E-state index contributed by atoms with van der Waals surface area (Å²) in [5, 5.41) is 6.00. The topological polar surface area (TPSA) is 54.0 Å². The molecule has 1 aromatic heterocycles. The molecule has 1 heterocycles. The van der Waals surface area contributed by atoms with Gasteiger partial charge in [-0.2, -0.15) is 0 Å². The van der Waals surface area contributed by atoms with E-state index < -0.39 is 0 Å². The molecule has 0 aliphatic heterocycles. The minimum atomic E-state index is -0.203. The lowest BCUT2D eigenvalue weighted by Crippen LogP contribution is -2.40. The molecule has 0 atom stereocenters. The molecule has 0 bridgehead atoms. The summed E-state index contributed by atoms with van der Waals surface area (Å²) in [6, 6.07) is 13.1. The summed E-state index contributed by atoms with van der Waals surface area (Å²) < 4.78 is 0. The molecule has 0 fully saturated rings. The lowest BCUT2D eigenvalue weighted by atomic mass is 10.1. The molecular weight excluding hydrogens is 282 g/mol. The first-order chi connectivity index (χ1) is 10.1. The number of pyridine rings is 1. The van der Waals surface area contributed by atoms with Gasteiger partial charge >= 0.3 is 0 Å². The highest BCUT2D eigenvalue weighted by Crippen LogP contribution is 2.02. The summed E-state index contributed by atoms with van der Waals surface area (Å²) in [5.74, 6) is -0.203. The number of hydrogen-bond acceptors (Lipinski definition) is 3. The zero-order valence-corrected chi connectivity index (χ0v) is 12.6. The Balaban J connectivity index is 1.76. The van der Waals surface area contributed by atoms with Crippen LogP contribution in [0.4, 0.5) is 0 Å². The molecule has 2 N–H and O–H groups in total. The molecule has 1 aromatic carbocycles. The van der Waals surface area contributed by atoms with Crippen molar-refractivity contribution in [2.24, 2.45) is 0 Å². The molecule has 4 nitrogen and oxygen atoms in total. The van der Waals surface area contributed by atoms with E-state index in [0.29, 0.717) is 17.2 Å². The van der Waals surface area contributed by atoms with Gasteiger partial charge in [-0.3, -0.25) is 15.1 Å². The zero-order valence-electron chi connectivity index (χ0n) is 11.8. The van der Waals surface area contributed by atoms with Gasteiger partial charge in [0.25, 0.3) is 5.91 Å². The summed E-state index contributed by atoms with van der Waals surface area (Å²) >= 11 is 5.11. The van der Waals surface area contributed by atoms with Crippen LogP contribution in [0.15, 0.2) is 48.7 Å². The Morgan fingerprint density at radius 2 is 1.95 bits per heavy atom. The highest BCUT2D eigenvalue weighted by molar-refractivity contribution is 7.80. The van der Waals surface area contributed by atoms with Crippen molar-refractivity contribution in [2.45, 2.75) is 13.3 Å². The first-order valence-corrected chi connectivity index (χ1v) is 7.12. The maximum atomic E-state index is 11.9. The fourth-order valence-electron chi connectivity index (χ4n) is 1.77. The predicted molar refractivity (Wildman–Crippen MR) is 87.2 cm³/mol. The molecule has 0 aliphatic carbocycles. The second kappa shape index (κ2) is 7.50. The Kier molecular flexibility index (Phi) is 5.40. The molecule has 0 saturated heterocycles. The largest absolute Gasteiger partial charge is 0.362 e. The normalized spacial score (nSPS) is 9.95. The number of hydrogen-bond donors (Lipinski definition) is 2. The van der Waals surface area contributed by atoms with Crippen LogP contribution < -0.4 is 10.6 Å². The molecule has 0 unspecified atom stereocenters. The van der Waals surface area contributed by atoms with Crippen molar-refractivity contribution in [1.29, 1.82) is 0 Å². The van der Waals surface area contributed by atoms with Crippen molar-refractivity contribution in [2.75, 3.05) is 6.54 Å². The quantitative estimate of drug-likeness (QED) is 0.850. The van der Waals surface area contributed by atoms with Crippen molar-refractivity contribution >= 4 is 23.2 Å². The van der Waals surface area contributed by atoms with Crippen molar-refractivity contribution in [3.8, 4) is 0 Å². The number of rotatable bonds is 4. The highest BCUT2D eigenvalue weighted by atomic mass is 32.1. The van der Waals surface area contributed by atoms with Crippen LogP contribution in [0.3, 0.4) is 0 Å². The van der Waals surface area contributed by atoms with E-state index in [-0.39, 0.29) is 5.91 Å². The van der Waals surface area contributed by atoms with Gasteiger partial charge in [-0.15, -0.1) is 0 Å². The number of thiocarbonyl (C=S) groups is 1. The van der Waals surface area contributed by atoms with E-state index in [4.69, 9.17) is 12.2 Å². The Bertz CT molecular complexity index is 611. The van der Waals surface area contributed by atoms with Crippen molar-refractivity contribution < 1.29 is 4.79 Å². The van der Waals surface area contributed by atoms with Gasteiger partial charge in [0.05, 0.1) is 0 Å². The summed E-state index contributed by atoms with van der Waals surface area (Å²) in [5.41, 5.74) is 2.69. The molecule has 2 rings (SSSR count). The van der Waals surface area contributed by atoms with Gasteiger partial charge in [0.2, 0.25) is 0 Å². The van der Waals surface area contributed by atoms with E-state index in [0.717, 1.165) is 17.7 Å². The third-order valence-corrected chi connectivity index (χ3v) is 3.18. The lowest BCUT2D eigenvalue weighted by molar-refractivity contribution is 0.0976. The van der Waals surface area contributed by atoms with Crippen LogP contribution >= 0.6 is 12.2 Å². The molecular formula is C16H17N3OS. The van der Waals surface area contributed by atoms with E-state index >= 15 is 0 Å². The average molecular weight is 299 g/mol. The molecule has 0 saturated carbocycles. The van der Waals surface area contributed by atoms with Gasteiger partial charge in [-0.1, -0.05) is 23.8 Å². The SMILES string of the molecule is Cc1ccc(C(=O)NC(=S)NCCc2ccccn2)cc1. The van der Waals surface area contributed by atoms with Gasteiger partial charge in [-0.05, 0) is 43.4 Å². The molecule has 108 valence electrons. The number of carbonyl (C=O) groups is 1. The van der Waals surface area contributed by atoms with E-state index in [1.807, 2.05) is 37.3 Å². The van der Waals surface area contributed by atoms with Gasteiger partial charge in [-0.25, -0.2) is 0 Å². The zero-order chi connectivity index (χ0) is 15.1. The van der Waals surface area contributed by atoms with Crippen LogP contribution in [0, 0.1) is 6.92 Å². The van der Waals surface area contributed by atoms with Crippen LogP contribution in [0.2, 0.25) is 0 Å². The number of nitrogens with one attached hydrogen (secondary N) is 2. The molecule has 0 spiro atoms. The Morgan fingerprint density at radius 1 is 1.19 bits per heavy atom. The molecule has 0 radical (unpaired) electrons. The minimum absolute atomic E-state index is 0.203. The van der Waals surface area contributed by atoms with E-state index in [1.54, 1.807) is 18.3 Å². The first kappa shape index (κ1) is 15.1. The van der Waals surface area contributed by atoms with E-state index in [9.17, 15) is 4.79 Å². The Hall–Kier alpha value is -2.27. The van der Waals surface area contributed by atoms with Crippen molar-refractivity contribution in [3.63, 3.8) is 0 Å². The van der Waals surface area contributed by atoms with Gasteiger partial charge in [0.1, 0.15) is 0 Å². The third kappa shape index (κ3) is 4.96. The van der Waals surface area contributed by atoms with E-state index in [1.165, 1.54) is 0 Å². The maximum absolute atomic E-state index is 11.9. The molecule has 2 aromatic rings. The summed E-state index contributed by atoms with van der Waals surface area (Å²) in [6.45, 7) is 2.61. The standard InChI is InChI=1S/C16H17N3OS/c1-12-5-7-13(8-6-12)15(20)19-16(21)18-11-9-14-4-2-3-10-17-14/h2-8,10H,9,11H2,1H3,(H2,18,19,20,21). The number of carbonyl (C=O) groups excluding carboxylic acids is 1. The lowest BCUT2D eigenvalue weighted by Gasteiger charge is -2.09. The van der Waals surface area contributed by atoms with Crippen LogP contribution in [-0.2, 0) is 6.42 Å². The minimum Gasteiger partial charge on any atom is -0.362 e. The molecule has 1 amide bonds. The maximum Gasteiger partial charge on any atom is 0.257 e. The number of benzene rings is 1. The fraction of sp³-hybridized carbons (Fsp3) is 0.188. The third-order valence-electron chi connectivity index (χ3n) is 2.93. The first-order valence-electron chi connectivity index (χ1n) is 6.71. The van der Waals surface area contributed by atoms with Crippen molar-refractivity contribution in [1.82, 2.24) is 15.6 Å². The second-order valence-corrected chi connectivity index (χ2v) is 5.06. The van der Waals surface area contributed by atoms with Gasteiger partial charge in [0.15, 0.2) is 5.11 Å². The summed E-state index contributed by atoms with van der Waals surface area (Å²) in [7, 11) is 0. The van der Waals surface area contributed by atoms with Crippen LogP contribution in [0.5, 0.6) is 0 Å². The second-order valence-electron chi connectivity index (χ2n) is 4.65. The van der Waals surface area contributed by atoms with Crippen LogP contribution in [0.25, 0.3) is 0 Å². The van der Waals surface area contributed by atoms with Crippen molar-refractivity contribution in [3.05, 3.63) is 65.5 Å². The number of amides is 1. The molecule has 21 heavy (non-hydrogen) atoms. The predicted octanol–water partition coefficient (Wildman–Crippen LogP) is 2.24. The van der Waals surface area contributed by atoms with E-state index in [2.05, 4.69) is 15.6 Å². The fourth-order valence-corrected chi connectivity index (χ4v) is 1.97.